The molecule has 0 radical (unpaired) electrons. The summed E-state index contributed by atoms with van der Waals surface area (Å²) in [5, 5.41) is 2.80. The first kappa shape index (κ1) is 13.3. The number of hydrogen-bond donors (Lipinski definition) is 1. The molecule has 106 valence electrons. The largest absolute Gasteiger partial charge is 0.418 e. The summed E-state index contributed by atoms with van der Waals surface area (Å²) in [7, 11) is 0. The van der Waals surface area contributed by atoms with E-state index in [1.165, 1.54) is 0 Å². The summed E-state index contributed by atoms with van der Waals surface area (Å²) in [5.74, 6) is 0.501. The van der Waals surface area contributed by atoms with Crippen LogP contribution in [0.15, 0.2) is 47.0 Å². The van der Waals surface area contributed by atoms with Gasteiger partial charge in [-0.25, -0.2) is 9.97 Å². The maximum atomic E-state index is 11.6. The summed E-state index contributed by atoms with van der Waals surface area (Å²) in [4.78, 5) is 20.2. The molecule has 0 unspecified atom stereocenters. The Kier molecular flexibility index (Phi) is 3.64. The van der Waals surface area contributed by atoms with Gasteiger partial charge in [0.2, 0.25) is 17.5 Å². The molecule has 0 aliphatic rings. The summed E-state index contributed by atoms with van der Waals surface area (Å²) < 4.78 is 5.63. The number of oxazole rings is 1. The second-order valence-electron chi connectivity index (χ2n) is 4.73. The van der Waals surface area contributed by atoms with E-state index in [9.17, 15) is 4.79 Å². The molecule has 0 bridgehead atoms. The fraction of sp³-hybridized carbons (Fsp3) is 0.188. The molecular formula is C16H15N3O2. The summed E-state index contributed by atoms with van der Waals surface area (Å²) in [6, 6.07) is 11.4. The first-order valence-corrected chi connectivity index (χ1v) is 6.88. The van der Waals surface area contributed by atoms with Gasteiger partial charge in [-0.2, -0.15) is 0 Å². The van der Waals surface area contributed by atoms with E-state index in [1.54, 1.807) is 12.3 Å². The molecule has 2 heterocycles. The molecule has 0 aliphatic carbocycles. The van der Waals surface area contributed by atoms with E-state index in [4.69, 9.17) is 4.42 Å². The van der Waals surface area contributed by atoms with Crippen LogP contribution >= 0.6 is 0 Å². The van der Waals surface area contributed by atoms with Crippen LogP contribution in [0, 0.1) is 0 Å². The third-order valence-electron chi connectivity index (χ3n) is 3.03. The van der Waals surface area contributed by atoms with Crippen LogP contribution < -0.4 is 5.32 Å². The van der Waals surface area contributed by atoms with Crippen molar-refractivity contribution in [2.45, 2.75) is 19.8 Å². The van der Waals surface area contributed by atoms with Crippen LogP contribution in [0.2, 0.25) is 0 Å². The van der Waals surface area contributed by atoms with Gasteiger partial charge in [0, 0.05) is 12.0 Å². The molecule has 5 heteroatoms. The molecule has 1 N–H and O–H groups in total. The van der Waals surface area contributed by atoms with Gasteiger partial charge in [0.15, 0.2) is 0 Å². The van der Waals surface area contributed by atoms with Crippen LogP contribution in [0.1, 0.15) is 19.8 Å². The highest BCUT2D eigenvalue weighted by atomic mass is 16.4. The molecule has 3 aromatic rings. The Bertz CT molecular complexity index is 766. The second kappa shape index (κ2) is 5.75. The molecule has 2 aromatic heterocycles. The first-order valence-electron chi connectivity index (χ1n) is 6.88. The highest BCUT2D eigenvalue weighted by Gasteiger charge is 2.10. The zero-order chi connectivity index (χ0) is 14.7. The first-order chi connectivity index (χ1) is 10.3. The predicted molar refractivity (Wildman–Crippen MR) is 80.8 cm³/mol. The molecule has 3 rings (SSSR count). The number of pyridine rings is 1. The number of carbonyl (C=O) groups is 1. The maximum Gasteiger partial charge on any atom is 0.247 e. The van der Waals surface area contributed by atoms with Crippen molar-refractivity contribution in [1.29, 1.82) is 0 Å². The number of nitrogens with zero attached hydrogens (tertiary/aromatic N) is 2. The monoisotopic (exact) mass is 281 g/mol. The Morgan fingerprint density at radius 3 is 2.86 bits per heavy atom. The third-order valence-corrected chi connectivity index (χ3v) is 3.03. The summed E-state index contributed by atoms with van der Waals surface area (Å²) in [6.07, 6.45) is 2.88. The standard InChI is InChI=1S/C16H15N3O2/c1-2-6-14(20)18-12-9-13-16(17-10-12)21-15(19-13)11-7-4-3-5-8-11/h3-5,7-10H,2,6H2,1H3,(H,18,20). The van der Waals surface area contributed by atoms with Crippen molar-refractivity contribution in [2.75, 3.05) is 5.32 Å². The molecule has 0 fully saturated rings. The molecule has 0 saturated heterocycles. The Labute approximate surface area is 122 Å². The number of hydrogen-bond acceptors (Lipinski definition) is 4. The van der Waals surface area contributed by atoms with Gasteiger partial charge < -0.3 is 9.73 Å². The summed E-state index contributed by atoms with van der Waals surface area (Å²) in [5.41, 5.74) is 2.62. The maximum absolute atomic E-state index is 11.6. The van der Waals surface area contributed by atoms with Crippen molar-refractivity contribution in [3.05, 3.63) is 42.6 Å². The van der Waals surface area contributed by atoms with Crippen LogP contribution in [-0.2, 0) is 4.79 Å². The van der Waals surface area contributed by atoms with E-state index < -0.39 is 0 Å². The predicted octanol–water partition coefficient (Wildman–Crippen LogP) is 3.63. The number of nitrogens with one attached hydrogen (secondary N) is 1. The van der Waals surface area contributed by atoms with Gasteiger partial charge in [-0.3, -0.25) is 4.79 Å². The van der Waals surface area contributed by atoms with E-state index >= 15 is 0 Å². The lowest BCUT2D eigenvalue weighted by molar-refractivity contribution is -0.116. The van der Waals surface area contributed by atoms with Crippen LogP contribution in [0.3, 0.4) is 0 Å². The van der Waals surface area contributed by atoms with Crippen molar-refractivity contribution >= 4 is 22.8 Å². The lowest BCUT2D eigenvalue weighted by Crippen LogP contribution is -2.10. The van der Waals surface area contributed by atoms with E-state index in [-0.39, 0.29) is 5.91 Å². The summed E-state index contributed by atoms with van der Waals surface area (Å²) in [6.45, 7) is 1.96. The number of anilines is 1. The number of rotatable bonds is 4. The molecule has 5 nitrogen and oxygen atoms in total. The third kappa shape index (κ3) is 2.91. The van der Waals surface area contributed by atoms with Crippen molar-refractivity contribution in [3.63, 3.8) is 0 Å². The molecular weight excluding hydrogens is 266 g/mol. The van der Waals surface area contributed by atoms with Crippen molar-refractivity contribution in [3.8, 4) is 11.5 Å². The number of fused-ring (bicyclic) bond motifs is 1. The van der Waals surface area contributed by atoms with Gasteiger partial charge in [0.05, 0.1) is 11.9 Å². The molecule has 1 aromatic carbocycles. The molecule has 0 saturated carbocycles. The number of aromatic nitrogens is 2. The Hall–Kier alpha value is -2.69. The molecule has 0 aliphatic heterocycles. The number of amides is 1. The highest BCUT2D eigenvalue weighted by Crippen LogP contribution is 2.24. The fourth-order valence-corrected chi connectivity index (χ4v) is 2.05. The minimum Gasteiger partial charge on any atom is -0.418 e. The van der Waals surface area contributed by atoms with Crippen LogP contribution in [0.25, 0.3) is 22.7 Å². The zero-order valence-corrected chi connectivity index (χ0v) is 11.7. The second-order valence-corrected chi connectivity index (χ2v) is 4.73. The van der Waals surface area contributed by atoms with Crippen molar-refractivity contribution in [2.24, 2.45) is 0 Å². The average molecular weight is 281 g/mol. The van der Waals surface area contributed by atoms with Crippen LogP contribution in [0.4, 0.5) is 5.69 Å². The van der Waals surface area contributed by atoms with Gasteiger partial charge in [0.25, 0.3) is 0 Å². The van der Waals surface area contributed by atoms with Crippen molar-refractivity contribution < 1.29 is 9.21 Å². The van der Waals surface area contributed by atoms with Crippen LogP contribution in [0.5, 0.6) is 0 Å². The van der Waals surface area contributed by atoms with E-state index in [1.807, 2.05) is 37.3 Å². The van der Waals surface area contributed by atoms with Gasteiger partial charge >= 0.3 is 0 Å². The smallest absolute Gasteiger partial charge is 0.247 e. The Balaban J connectivity index is 1.90. The van der Waals surface area contributed by atoms with Gasteiger partial charge in [0.1, 0.15) is 5.52 Å². The lowest BCUT2D eigenvalue weighted by atomic mass is 10.2. The zero-order valence-electron chi connectivity index (χ0n) is 11.7. The normalized spacial score (nSPS) is 10.7. The number of benzene rings is 1. The minimum absolute atomic E-state index is 0.0228. The lowest BCUT2D eigenvalue weighted by Gasteiger charge is -2.02. The Morgan fingerprint density at radius 1 is 1.29 bits per heavy atom. The van der Waals surface area contributed by atoms with E-state index in [0.717, 1.165) is 12.0 Å². The van der Waals surface area contributed by atoms with E-state index in [2.05, 4.69) is 15.3 Å². The Morgan fingerprint density at radius 2 is 2.10 bits per heavy atom. The van der Waals surface area contributed by atoms with Crippen LogP contribution in [-0.4, -0.2) is 15.9 Å². The van der Waals surface area contributed by atoms with Crippen molar-refractivity contribution in [1.82, 2.24) is 9.97 Å². The quantitative estimate of drug-likeness (QED) is 0.793. The summed E-state index contributed by atoms with van der Waals surface area (Å²) >= 11 is 0. The molecule has 0 atom stereocenters. The molecule has 21 heavy (non-hydrogen) atoms. The molecule has 1 amide bonds. The topological polar surface area (TPSA) is 68.0 Å². The van der Waals surface area contributed by atoms with Gasteiger partial charge in [-0.05, 0) is 24.6 Å². The van der Waals surface area contributed by atoms with Gasteiger partial charge in [-0.1, -0.05) is 25.1 Å². The number of carbonyl (C=O) groups excluding carboxylic acids is 1. The SMILES string of the molecule is CCCC(=O)Nc1cnc2oc(-c3ccccc3)nc2c1. The van der Waals surface area contributed by atoms with Gasteiger partial charge in [-0.15, -0.1) is 0 Å². The average Bonchev–Trinajstić information content (AvgIpc) is 2.91. The van der Waals surface area contributed by atoms with E-state index in [0.29, 0.717) is 29.2 Å². The fourth-order valence-electron chi connectivity index (χ4n) is 2.05. The highest BCUT2D eigenvalue weighted by molar-refractivity contribution is 5.92. The molecule has 0 spiro atoms. The minimum atomic E-state index is -0.0228.